The number of anilines is 1. The van der Waals surface area contributed by atoms with Crippen LogP contribution in [0.25, 0.3) is 22.2 Å². The zero-order valence-electron chi connectivity index (χ0n) is 22.5. The van der Waals surface area contributed by atoms with E-state index in [0.717, 1.165) is 79.5 Å². The maximum absolute atomic E-state index is 13.0. The van der Waals surface area contributed by atoms with Crippen molar-refractivity contribution in [3.8, 4) is 11.1 Å². The molecule has 0 spiro atoms. The highest BCUT2D eigenvalue weighted by atomic mass is 32.2. The summed E-state index contributed by atoms with van der Waals surface area (Å²) in [6, 6.07) is 5.83. The largest absolute Gasteiger partial charge is 0.380 e. The van der Waals surface area contributed by atoms with E-state index in [9.17, 15) is 13.2 Å². The molecular weight excluding hydrogens is 504 g/mol. The number of nitrogens with zero attached hydrogens (tertiary/aromatic N) is 5. The second kappa shape index (κ2) is 10.6. The molecule has 1 unspecified atom stereocenters. The van der Waals surface area contributed by atoms with Crippen LogP contribution in [0.3, 0.4) is 0 Å². The highest BCUT2D eigenvalue weighted by Gasteiger charge is 2.28. The fourth-order valence-corrected chi connectivity index (χ4v) is 6.01. The number of methoxy groups -OCH3 is 1. The lowest BCUT2D eigenvalue weighted by atomic mass is 9.95. The highest BCUT2D eigenvalue weighted by molar-refractivity contribution is 7.89. The van der Waals surface area contributed by atoms with Crippen LogP contribution in [0.2, 0.25) is 0 Å². The first kappa shape index (κ1) is 26.6. The van der Waals surface area contributed by atoms with Gasteiger partial charge in [0.1, 0.15) is 11.5 Å². The molecule has 10 nitrogen and oxygen atoms in total. The molecule has 4 heterocycles. The van der Waals surface area contributed by atoms with Gasteiger partial charge in [0.05, 0.1) is 29.5 Å². The van der Waals surface area contributed by atoms with Gasteiger partial charge in [-0.3, -0.25) is 4.79 Å². The summed E-state index contributed by atoms with van der Waals surface area (Å²) in [4.78, 5) is 24.6. The third-order valence-corrected chi connectivity index (χ3v) is 8.08. The summed E-state index contributed by atoms with van der Waals surface area (Å²) in [5.74, 6) is 0.238. The van der Waals surface area contributed by atoms with Crippen molar-refractivity contribution in [3.05, 3.63) is 35.8 Å². The Kier molecular flexibility index (Phi) is 7.41. The molecule has 0 radical (unpaired) electrons. The molecule has 3 aromatic heterocycles. The van der Waals surface area contributed by atoms with Crippen LogP contribution in [0.15, 0.2) is 24.4 Å². The first-order chi connectivity index (χ1) is 18.1. The van der Waals surface area contributed by atoms with Crippen molar-refractivity contribution >= 4 is 32.8 Å². The van der Waals surface area contributed by atoms with Gasteiger partial charge in [-0.05, 0) is 48.9 Å². The van der Waals surface area contributed by atoms with Crippen LogP contribution in [0.5, 0.6) is 0 Å². The predicted octanol–water partition coefficient (Wildman–Crippen LogP) is 4.04. The van der Waals surface area contributed by atoms with Gasteiger partial charge in [0, 0.05) is 32.0 Å². The molecule has 1 atom stereocenters. The quantitative estimate of drug-likeness (QED) is 0.477. The second-order valence-electron chi connectivity index (χ2n) is 10.7. The summed E-state index contributed by atoms with van der Waals surface area (Å²) in [6.07, 6.45) is 9.37. The molecular formula is C27H36N6O4S. The zero-order valence-corrected chi connectivity index (χ0v) is 23.3. The van der Waals surface area contributed by atoms with Crippen molar-refractivity contribution in [1.29, 1.82) is 0 Å². The Balaban J connectivity index is 1.65. The van der Waals surface area contributed by atoms with Crippen molar-refractivity contribution in [1.82, 2.24) is 24.5 Å². The molecule has 0 bridgehead atoms. The Morgan fingerprint density at radius 3 is 2.53 bits per heavy atom. The third kappa shape index (κ3) is 5.40. The van der Waals surface area contributed by atoms with E-state index in [1.165, 1.54) is 6.42 Å². The van der Waals surface area contributed by atoms with Crippen LogP contribution in [-0.2, 0) is 14.8 Å². The fourth-order valence-electron chi connectivity index (χ4n) is 5.57. The number of amides is 1. The molecule has 204 valence electrons. The lowest BCUT2D eigenvalue weighted by molar-refractivity contribution is 0.0977. The lowest BCUT2D eigenvalue weighted by Gasteiger charge is -2.22. The maximum Gasteiger partial charge on any atom is 0.283 e. The number of hydrogen-bond donors (Lipinski definition) is 1. The molecule has 1 saturated carbocycles. The molecule has 5 rings (SSSR count). The summed E-state index contributed by atoms with van der Waals surface area (Å²) >= 11 is 0. The molecule has 3 aromatic rings. The van der Waals surface area contributed by atoms with E-state index in [2.05, 4.69) is 23.5 Å². The van der Waals surface area contributed by atoms with Gasteiger partial charge < -0.3 is 9.64 Å². The Morgan fingerprint density at radius 1 is 1.16 bits per heavy atom. The van der Waals surface area contributed by atoms with Gasteiger partial charge >= 0.3 is 0 Å². The van der Waals surface area contributed by atoms with Crippen LogP contribution in [0.1, 0.15) is 80.5 Å². The molecule has 0 aromatic carbocycles. The van der Waals surface area contributed by atoms with Crippen LogP contribution < -0.4 is 9.62 Å². The lowest BCUT2D eigenvalue weighted by Crippen LogP contribution is -2.30. The van der Waals surface area contributed by atoms with Gasteiger partial charge in [0.15, 0.2) is 5.65 Å². The monoisotopic (exact) mass is 540 g/mol. The van der Waals surface area contributed by atoms with Crippen molar-refractivity contribution in [2.75, 3.05) is 31.4 Å². The van der Waals surface area contributed by atoms with Crippen molar-refractivity contribution in [2.45, 2.75) is 70.4 Å². The van der Waals surface area contributed by atoms with Crippen LogP contribution in [-0.4, -0.2) is 66.6 Å². The molecule has 2 fully saturated rings. The number of carbonyl (C=O) groups excluding carboxylic acids is 1. The summed E-state index contributed by atoms with van der Waals surface area (Å²) in [7, 11) is -2.02. The van der Waals surface area contributed by atoms with Gasteiger partial charge in [-0.1, -0.05) is 33.1 Å². The molecule has 1 N–H and O–H groups in total. The average Bonchev–Trinajstić information content (AvgIpc) is 3.53. The fraction of sp³-hybridized carbons (Fsp3) is 0.556. The minimum atomic E-state index is -3.75. The Bertz CT molecular complexity index is 1430. The Morgan fingerprint density at radius 2 is 1.92 bits per heavy atom. The van der Waals surface area contributed by atoms with E-state index in [1.54, 1.807) is 13.2 Å². The van der Waals surface area contributed by atoms with Gasteiger partial charge in [-0.25, -0.2) is 27.8 Å². The van der Waals surface area contributed by atoms with Gasteiger partial charge in [-0.2, -0.15) is 5.10 Å². The summed E-state index contributed by atoms with van der Waals surface area (Å²) < 4.78 is 33.2. The van der Waals surface area contributed by atoms with Crippen LogP contribution >= 0.6 is 0 Å². The average molecular weight is 541 g/mol. The molecule has 1 aliphatic heterocycles. The molecule has 11 heteroatoms. The topological polar surface area (TPSA) is 119 Å². The number of rotatable bonds is 7. The van der Waals surface area contributed by atoms with E-state index in [0.29, 0.717) is 5.65 Å². The second-order valence-corrected chi connectivity index (χ2v) is 12.5. The number of hydrogen-bond acceptors (Lipinski definition) is 8. The van der Waals surface area contributed by atoms with Gasteiger partial charge in [0.25, 0.3) is 5.91 Å². The minimum Gasteiger partial charge on any atom is -0.380 e. The Hall–Kier alpha value is -3.05. The number of fused-ring (bicyclic) bond motifs is 1. The van der Waals surface area contributed by atoms with E-state index < -0.39 is 15.9 Å². The van der Waals surface area contributed by atoms with Crippen LogP contribution in [0.4, 0.5) is 5.82 Å². The molecule has 1 aliphatic carbocycles. The normalized spacial score (nSPS) is 19.0. The van der Waals surface area contributed by atoms with Crippen molar-refractivity contribution in [3.63, 3.8) is 0 Å². The first-order valence-electron chi connectivity index (χ1n) is 13.3. The molecule has 2 aliphatic rings. The van der Waals surface area contributed by atoms with Crippen LogP contribution in [0, 0.1) is 0 Å². The van der Waals surface area contributed by atoms with Gasteiger partial charge in [0.2, 0.25) is 10.0 Å². The van der Waals surface area contributed by atoms with E-state index in [-0.39, 0.29) is 23.8 Å². The van der Waals surface area contributed by atoms with E-state index >= 15 is 0 Å². The standard InChI is InChI=1S/C27H36N6O4S/c1-17(2)25-24-21(18-10-11-23(28-15-18)32-13-12-20(16-32)37-3)14-22(27(34)31-38(4,35)36)29-26(24)33(30-25)19-8-6-5-7-9-19/h10-11,14-15,17,19-20H,5-9,12-13,16H2,1-4H3,(H,31,34). The van der Waals surface area contributed by atoms with E-state index in [1.807, 2.05) is 23.0 Å². The molecule has 1 saturated heterocycles. The summed E-state index contributed by atoms with van der Waals surface area (Å²) in [6.45, 7) is 5.87. The number of nitrogens with one attached hydrogen (secondary N) is 1. The molecule has 1 amide bonds. The highest BCUT2D eigenvalue weighted by Crippen LogP contribution is 2.38. The minimum absolute atomic E-state index is 0.0387. The number of ether oxygens (including phenoxy) is 1. The maximum atomic E-state index is 13.0. The summed E-state index contributed by atoms with van der Waals surface area (Å²) in [5.41, 5.74) is 3.16. The van der Waals surface area contributed by atoms with Crippen molar-refractivity contribution < 1.29 is 17.9 Å². The third-order valence-electron chi connectivity index (χ3n) is 7.53. The number of aromatic nitrogens is 4. The number of carbonyl (C=O) groups is 1. The zero-order chi connectivity index (χ0) is 27.0. The number of pyridine rings is 2. The number of sulfonamides is 1. The van der Waals surface area contributed by atoms with Crippen molar-refractivity contribution in [2.24, 2.45) is 0 Å². The molecule has 38 heavy (non-hydrogen) atoms. The Labute approximate surface area is 223 Å². The first-order valence-corrected chi connectivity index (χ1v) is 15.2. The smallest absolute Gasteiger partial charge is 0.283 e. The SMILES string of the molecule is COC1CCN(c2ccc(-c3cc(C(=O)NS(C)(=O)=O)nc4c3c(C(C)C)nn4C3CCCCC3)cn2)C1. The van der Waals surface area contributed by atoms with Gasteiger partial charge in [-0.15, -0.1) is 0 Å². The summed E-state index contributed by atoms with van der Waals surface area (Å²) in [5, 5.41) is 5.92. The van der Waals surface area contributed by atoms with E-state index in [4.69, 9.17) is 19.8 Å². The predicted molar refractivity (Wildman–Crippen MR) is 147 cm³/mol.